The Morgan fingerprint density at radius 1 is 1.33 bits per heavy atom. The standard InChI is InChI=1S/C14H21N/c1-4-7-11-14(5-2,6-3)13-10-8-9-12-15-13/h4,8-10,12H,1,5-7,11H2,2-3H3. The van der Waals surface area contributed by atoms with Crippen LogP contribution in [0.25, 0.3) is 0 Å². The predicted octanol–water partition coefficient (Wildman–Crippen LogP) is 4.11. The van der Waals surface area contributed by atoms with Crippen LogP contribution in [0.4, 0.5) is 0 Å². The molecule has 0 spiro atoms. The topological polar surface area (TPSA) is 12.9 Å². The molecule has 1 nitrogen and oxygen atoms in total. The predicted molar refractivity (Wildman–Crippen MR) is 65.9 cm³/mol. The summed E-state index contributed by atoms with van der Waals surface area (Å²) in [6.45, 7) is 8.31. The minimum atomic E-state index is 0.245. The molecule has 1 heteroatoms. The van der Waals surface area contributed by atoms with Gasteiger partial charge in [0, 0.05) is 17.3 Å². The highest BCUT2D eigenvalue weighted by Gasteiger charge is 2.28. The number of allylic oxidation sites excluding steroid dienone is 1. The van der Waals surface area contributed by atoms with Crippen molar-refractivity contribution in [3.8, 4) is 0 Å². The van der Waals surface area contributed by atoms with Crippen molar-refractivity contribution in [2.45, 2.75) is 44.9 Å². The Balaban J connectivity index is 2.94. The van der Waals surface area contributed by atoms with Gasteiger partial charge in [-0.1, -0.05) is 26.0 Å². The fourth-order valence-electron chi connectivity index (χ4n) is 2.15. The second-order valence-corrected chi connectivity index (χ2v) is 4.03. The lowest BCUT2D eigenvalue weighted by Gasteiger charge is -2.30. The molecule has 0 aliphatic rings. The van der Waals surface area contributed by atoms with E-state index in [2.05, 4.69) is 37.5 Å². The molecule has 0 fully saturated rings. The van der Waals surface area contributed by atoms with Crippen molar-refractivity contribution in [1.82, 2.24) is 4.98 Å². The fraction of sp³-hybridized carbons (Fsp3) is 0.500. The van der Waals surface area contributed by atoms with Crippen LogP contribution in [-0.2, 0) is 5.41 Å². The monoisotopic (exact) mass is 203 g/mol. The first-order valence-corrected chi connectivity index (χ1v) is 5.81. The quantitative estimate of drug-likeness (QED) is 0.634. The van der Waals surface area contributed by atoms with Crippen molar-refractivity contribution in [1.29, 1.82) is 0 Å². The van der Waals surface area contributed by atoms with Crippen LogP contribution in [0.3, 0.4) is 0 Å². The van der Waals surface area contributed by atoms with Crippen molar-refractivity contribution in [3.63, 3.8) is 0 Å². The maximum atomic E-state index is 4.51. The van der Waals surface area contributed by atoms with E-state index >= 15 is 0 Å². The molecule has 0 saturated carbocycles. The average Bonchev–Trinajstić information content (AvgIpc) is 2.33. The van der Waals surface area contributed by atoms with Crippen LogP contribution in [0.5, 0.6) is 0 Å². The fourth-order valence-corrected chi connectivity index (χ4v) is 2.15. The van der Waals surface area contributed by atoms with Gasteiger partial charge in [0.1, 0.15) is 0 Å². The molecule has 15 heavy (non-hydrogen) atoms. The molecule has 1 aromatic rings. The van der Waals surface area contributed by atoms with Gasteiger partial charge in [0.15, 0.2) is 0 Å². The second-order valence-electron chi connectivity index (χ2n) is 4.03. The molecule has 0 unspecified atom stereocenters. The molecule has 0 atom stereocenters. The van der Waals surface area contributed by atoms with E-state index in [4.69, 9.17) is 0 Å². The summed E-state index contributed by atoms with van der Waals surface area (Å²) in [6, 6.07) is 6.21. The third kappa shape index (κ3) is 2.68. The minimum Gasteiger partial charge on any atom is -0.261 e. The third-order valence-electron chi connectivity index (χ3n) is 3.39. The van der Waals surface area contributed by atoms with E-state index in [0.29, 0.717) is 0 Å². The highest BCUT2D eigenvalue weighted by atomic mass is 14.7. The van der Waals surface area contributed by atoms with E-state index in [-0.39, 0.29) is 5.41 Å². The molecule has 1 aromatic heterocycles. The number of hydrogen-bond acceptors (Lipinski definition) is 1. The Bertz CT molecular complexity index is 285. The molecule has 1 rings (SSSR count). The molecule has 0 bridgehead atoms. The number of hydrogen-bond donors (Lipinski definition) is 0. The number of nitrogens with zero attached hydrogens (tertiary/aromatic N) is 1. The van der Waals surface area contributed by atoms with E-state index in [9.17, 15) is 0 Å². The Labute approximate surface area is 93.2 Å². The van der Waals surface area contributed by atoms with E-state index < -0.39 is 0 Å². The Kier molecular flexibility index (Phi) is 4.54. The lowest BCUT2D eigenvalue weighted by atomic mass is 9.75. The van der Waals surface area contributed by atoms with Crippen LogP contribution in [0, 0.1) is 0 Å². The zero-order valence-corrected chi connectivity index (χ0v) is 9.87. The molecule has 0 aliphatic heterocycles. The van der Waals surface area contributed by atoms with Gasteiger partial charge in [0.05, 0.1) is 0 Å². The Hall–Kier alpha value is -1.11. The summed E-state index contributed by atoms with van der Waals surface area (Å²) in [6.07, 6.45) is 8.41. The van der Waals surface area contributed by atoms with Crippen LogP contribution >= 0.6 is 0 Å². The van der Waals surface area contributed by atoms with Gasteiger partial charge in [-0.05, 0) is 37.8 Å². The summed E-state index contributed by atoms with van der Waals surface area (Å²) in [5, 5.41) is 0. The number of rotatable bonds is 6. The van der Waals surface area contributed by atoms with Crippen molar-refractivity contribution < 1.29 is 0 Å². The summed E-state index contributed by atoms with van der Waals surface area (Å²) in [4.78, 5) is 4.51. The maximum absolute atomic E-state index is 4.51. The first-order chi connectivity index (χ1) is 7.29. The summed E-state index contributed by atoms with van der Waals surface area (Å²) < 4.78 is 0. The van der Waals surface area contributed by atoms with Gasteiger partial charge in [-0.2, -0.15) is 0 Å². The normalized spacial score (nSPS) is 11.3. The molecule has 1 heterocycles. The largest absolute Gasteiger partial charge is 0.261 e. The highest BCUT2D eigenvalue weighted by Crippen LogP contribution is 2.34. The van der Waals surface area contributed by atoms with Gasteiger partial charge in [-0.15, -0.1) is 6.58 Å². The zero-order chi connectivity index (χ0) is 11.1. The van der Waals surface area contributed by atoms with E-state index in [1.54, 1.807) is 0 Å². The van der Waals surface area contributed by atoms with Crippen molar-refractivity contribution in [2.75, 3.05) is 0 Å². The molecule has 0 saturated heterocycles. The summed E-state index contributed by atoms with van der Waals surface area (Å²) in [5.74, 6) is 0. The number of pyridine rings is 1. The zero-order valence-electron chi connectivity index (χ0n) is 9.87. The highest BCUT2D eigenvalue weighted by molar-refractivity contribution is 5.16. The minimum absolute atomic E-state index is 0.245. The molecular formula is C14H21N. The Morgan fingerprint density at radius 2 is 2.07 bits per heavy atom. The van der Waals surface area contributed by atoms with Gasteiger partial charge in [0.2, 0.25) is 0 Å². The SMILES string of the molecule is C=CCCC(CC)(CC)c1ccccn1. The summed E-state index contributed by atoms with van der Waals surface area (Å²) in [7, 11) is 0. The second kappa shape index (κ2) is 5.69. The van der Waals surface area contributed by atoms with Gasteiger partial charge >= 0.3 is 0 Å². The Morgan fingerprint density at radius 3 is 2.53 bits per heavy atom. The van der Waals surface area contributed by atoms with Crippen LogP contribution in [-0.4, -0.2) is 4.98 Å². The molecule has 0 radical (unpaired) electrons. The molecule has 0 aliphatic carbocycles. The van der Waals surface area contributed by atoms with Crippen molar-refractivity contribution >= 4 is 0 Å². The van der Waals surface area contributed by atoms with Crippen LogP contribution in [0.1, 0.15) is 45.2 Å². The lowest BCUT2D eigenvalue weighted by Crippen LogP contribution is -2.25. The lowest BCUT2D eigenvalue weighted by molar-refractivity contribution is 0.358. The van der Waals surface area contributed by atoms with Gasteiger partial charge in [0.25, 0.3) is 0 Å². The maximum Gasteiger partial charge on any atom is 0.0465 e. The molecular weight excluding hydrogens is 182 g/mol. The van der Waals surface area contributed by atoms with E-state index in [1.807, 2.05) is 18.3 Å². The first-order valence-electron chi connectivity index (χ1n) is 5.81. The molecule has 0 amide bonds. The van der Waals surface area contributed by atoms with Gasteiger partial charge < -0.3 is 0 Å². The number of aromatic nitrogens is 1. The molecule has 0 N–H and O–H groups in total. The van der Waals surface area contributed by atoms with Crippen molar-refractivity contribution in [2.24, 2.45) is 0 Å². The van der Waals surface area contributed by atoms with Gasteiger partial charge in [-0.3, -0.25) is 4.98 Å². The van der Waals surface area contributed by atoms with Crippen LogP contribution in [0.2, 0.25) is 0 Å². The van der Waals surface area contributed by atoms with Crippen LogP contribution < -0.4 is 0 Å². The molecule has 0 aromatic carbocycles. The third-order valence-corrected chi connectivity index (χ3v) is 3.39. The van der Waals surface area contributed by atoms with Crippen molar-refractivity contribution in [3.05, 3.63) is 42.7 Å². The smallest absolute Gasteiger partial charge is 0.0465 e. The van der Waals surface area contributed by atoms with Crippen LogP contribution in [0.15, 0.2) is 37.1 Å². The summed E-state index contributed by atoms with van der Waals surface area (Å²) >= 11 is 0. The van der Waals surface area contributed by atoms with E-state index in [1.165, 1.54) is 5.69 Å². The van der Waals surface area contributed by atoms with E-state index in [0.717, 1.165) is 25.7 Å². The summed E-state index contributed by atoms with van der Waals surface area (Å²) in [5.41, 5.74) is 1.48. The first kappa shape index (κ1) is 12.0. The molecule has 82 valence electrons. The average molecular weight is 203 g/mol. The van der Waals surface area contributed by atoms with Gasteiger partial charge in [-0.25, -0.2) is 0 Å².